The summed E-state index contributed by atoms with van der Waals surface area (Å²) in [7, 11) is 2.16. The summed E-state index contributed by atoms with van der Waals surface area (Å²) in [6.45, 7) is 4.33. The van der Waals surface area contributed by atoms with E-state index in [2.05, 4.69) is 31.0 Å². The number of hydrogen-bond donors (Lipinski definition) is 1. The Kier molecular flexibility index (Phi) is 4.75. The molecule has 19 heavy (non-hydrogen) atoms. The molecule has 0 saturated heterocycles. The normalized spacial score (nSPS) is 25.1. The van der Waals surface area contributed by atoms with Crippen LogP contribution in [0.25, 0.3) is 0 Å². The second-order valence-electron chi connectivity index (χ2n) is 6.04. The topological polar surface area (TPSA) is 29.3 Å². The van der Waals surface area contributed by atoms with Crippen LogP contribution in [0.3, 0.4) is 0 Å². The smallest absolute Gasteiger partial charge is 0.0642 e. The van der Waals surface area contributed by atoms with Gasteiger partial charge in [0.15, 0.2) is 0 Å². The lowest BCUT2D eigenvalue weighted by molar-refractivity contribution is 0.336. The number of nitrogens with two attached hydrogens (primary N) is 1. The Labute approximate surface area is 121 Å². The van der Waals surface area contributed by atoms with Gasteiger partial charge < -0.3 is 10.6 Å². The molecular weight excluding hydrogens is 256 g/mol. The Balaban J connectivity index is 2.16. The summed E-state index contributed by atoms with van der Waals surface area (Å²) in [5.74, 6) is 0.823. The lowest BCUT2D eigenvalue weighted by Gasteiger charge is -2.36. The third-order valence-electron chi connectivity index (χ3n) is 4.33. The molecule has 0 radical (unpaired) electrons. The molecule has 1 fully saturated rings. The summed E-state index contributed by atoms with van der Waals surface area (Å²) in [6.07, 6.45) is 5.22. The first kappa shape index (κ1) is 14.7. The van der Waals surface area contributed by atoms with E-state index in [0.29, 0.717) is 6.04 Å². The summed E-state index contributed by atoms with van der Waals surface area (Å²) >= 11 is 6.43. The molecule has 2 N–H and O–H groups in total. The van der Waals surface area contributed by atoms with Crippen LogP contribution in [0.4, 0.5) is 5.69 Å². The summed E-state index contributed by atoms with van der Waals surface area (Å²) in [4.78, 5) is 2.35. The predicted octanol–water partition coefficient (Wildman–Crippen LogP) is 4.37. The van der Waals surface area contributed by atoms with Gasteiger partial charge in [0.05, 0.1) is 10.7 Å². The van der Waals surface area contributed by atoms with Gasteiger partial charge in [-0.05, 0) is 43.4 Å². The van der Waals surface area contributed by atoms with Crippen LogP contribution in [0.15, 0.2) is 18.2 Å². The Morgan fingerprint density at radius 2 is 2.11 bits per heavy atom. The minimum atomic E-state index is 0.0339. The van der Waals surface area contributed by atoms with Crippen molar-refractivity contribution in [2.45, 2.75) is 51.6 Å². The minimum absolute atomic E-state index is 0.0339. The van der Waals surface area contributed by atoms with E-state index in [1.807, 2.05) is 13.0 Å². The molecule has 1 aliphatic carbocycles. The lowest BCUT2D eigenvalue weighted by Crippen LogP contribution is -2.35. The Morgan fingerprint density at radius 3 is 2.68 bits per heavy atom. The molecule has 0 amide bonds. The van der Waals surface area contributed by atoms with Gasteiger partial charge in [0, 0.05) is 19.1 Å². The zero-order chi connectivity index (χ0) is 14.0. The van der Waals surface area contributed by atoms with Crippen molar-refractivity contribution in [2.75, 3.05) is 11.9 Å². The zero-order valence-electron chi connectivity index (χ0n) is 12.2. The fourth-order valence-corrected chi connectivity index (χ4v) is 3.37. The largest absolute Gasteiger partial charge is 0.370 e. The SMILES string of the molecule is CC1CCCC(N(C)c2ccc([C@H](C)N)cc2Cl)C1. The van der Waals surface area contributed by atoms with Crippen LogP contribution in [0.2, 0.25) is 5.02 Å². The van der Waals surface area contributed by atoms with Crippen LogP contribution in [-0.4, -0.2) is 13.1 Å². The summed E-state index contributed by atoms with van der Waals surface area (Å²) in [5, 5.41) is 0.815. The summed E-state index contributed by atoms with van der Waals surface area (Å²) < 4.78 is 0. The lowest BCUT2D eigenvalue weighted by atomic mass is 9.86. The molecule has 1 aliphatic rings. The molecule has 3 heteroatoms. The number of halogens is 1. The van der Waals surface area contributed by atoms with Crippen LogP contribution in [0.5, 0.6) is 0 Å². The van der Waals surface area contributed by atoms with Gasteiger partial charge >= 0.3 is 0 Å². The summed E-state index contributed by atoms with van der Waals surface area (Å²) in [6, 6.07) is 6.85. The molecule has 1 saturated carbocycles. The number of hydrogen-bond acceptors (Lipinski definition) is 2. The standard InChI is InChI=1S/C16H25ClN2/c1-11-5-4-6-14(9-11)19(3)16-8-7-13(12(2)18)10-15(16)17/h7-8,10-12,14H,4-6,9,18H2,1-3H3/t11?,12-,14?/m0/s1. The van der Waals surface area contributed by atoms with Crippen molar-refractivity contribution in [2.24, 2.45) is 11.7 Å². The van der Waals surface area contributed by atoms with E-state index in [1.54, 1.807) is 0 Å². The highest BCUT2D eigenvalue weighted by molar-refractivity contribution is 6.33. The van der Waals surface area contributed by atoms with Gasteiger partial charge in [-0.15, -0.1) is 0 Å². The highest BCUT2D eigenvalue weighted by Crippen LogP contribution is 2.34. The average Bonchev–Trinajstić information content (AvgIpc) is 2.37. The maximum atomic E-state index is 6.43. The first-order chi connectivity index (χ1) is 8.99. The fourth-order valence-electron chi connectivity index (χ4n) is 3.04. The first-order valence-electron chi connectivity index (χ1n) is 7.27. The van der Waals surface area contributed by atoms with Gasteiger partial charge in [0.1, 0.15) is 0 Å². The molecule has 3 atom stereocenters. The number of nitrogens with zero attached hydrogens (tertiary/aromatic N) is 1. The van der Waals surface area contributed by atoms with Crippen molar-refractivity contribution in [1.29, 1.82) is 0 Å². The number of anilines is 1. The quantitative estimate of drug-likeness (QED) is 0.890. The molecule has 0 aliphatic heterocycles. The van der Waals surface area contributed by atoms with Crippen LogP contribution in [0, 0.1) is 5.92 Å². The first-order valence-corrected chi connectivity index (χ1v) is 7.64. The molecule has 106 valence electrons. The van der Waals surface area contributed by atoms with E-state index in [4.69, 9.17) is 17.3 Å². The Bertz CT molecular complexity index is 431. The molecule has 0 aromatic heterocycles. The molecule has 0 spiro atoms. The van der Waals surface area contributed by atoms with Gasteiger partial charge in [-0.1, -0.05) is 37.4 Å². The third kappa shape index (κ3) is 3.43. The van der Waals surface area contributed by atoms with Crippen LogP contribution < -0.4 is 10.6 Å². The zero-order valence-corrected chi connectivity index (χ0v) is 13.0. The molecule has 0 heterocycles. The van der Waals surface area contributed by atoms with Crippen molar-refractivity contribution < 1.29 is 0 Å². The van der Waals surface area contributed by atoms with Crippen molar-refractivity contribution in [3.63, 3.8) is 0 Å². The van der Waals surface area contributed by atoms with Crippen molar-refractivity contribution >= 4 is 17.3 Å². The molecule has 2 nitrogen and oxygen atoms in total. The van der Waals surface area contributed by atoms with Crippen molar-refractivity contribution in [1.82, 2.24) is 0 Å². The van der Waals surface area contributed by atoms with Crippen LogP contribution in [-0.2, 0) is 0 Å². The van der Waals surface area contributed by atoms with Gasteiger partial charge in [-0.2, -0.15) is 0 Å². The predicted molar refractivity (Wildman–Crippen MR) is 83.9 cm³/mol. The fraction of sp³-hybridized carbons (Fsp3) is 0.625. The van der Waals surface area contributed by atoms with Gasteiger partial charge in [0.2, 0.25) is 0 Å². The minimum Gasteiger partial charge on any atom is -0.370 e. The third-order valence-corrected chi connectivity index (χ3v) is 4.64. The van der Waals surface area contributed by atoms with E-state index in [9.17, 15) is 0 Å². The Morgan fingerprint density at radius 1 is 1.37 bits per heavy atom. The molecule has 0 bridgehead atoms. The van der Waals surface area contributed by atoms with E-state index < -0.39 is 0 Å². The number of benzene rings is 1. The summed E-state index contributed by atoms with van der Waals surface area (Å²) in [5.41, 5.74) is 8.12. The molecule has 2 unspecified atom stereocenters. The van der Waals surface area contributed by atoms with E-state index in [-0.39, 0.29) is 6.04 Å². The second kappa shape index (κ2) is 6.15. The Hall–Kier alpha value is -0.730. The second-order valence-corrected chi connectivity index (χ2v) is 6.44. The maximum absolute atomic E-state index is 6.43. The average molecular weight is 281 g/mol. The van der Waals surface area contributed by atoms with Crippen molar-refractivity contribution in [3.8, 4) is 0 Å². The van der Waals surface area contributed by atoms with Crippen LogP contribution in [0.1, 0.15) is 51.1 Å². The molecule has 2 rings (SSSR count). The number of rotatable bonds is 3. The highest BCUT2D eigenvalue weighted by Gasteiger charge is 2.23. The van der Waals surface area contributed by atoms with Gasteiger partial charge in [0.25, 0.3) is 0 Å². The highest BCUT2D eigenvalue weighted by atomic mass is 35.5. The maximum Gasteiger partial charge on any atom is 0.0642 e. The molecule has 1 aromatic rings. The monoisotopic (exact) mass is 280 g/mol. The van der Waals surface area contributed by atoms with E-state index >= 15 is 0 Å². The van der Waals surface area contributed by atoms with E-state index in [1.165, 1.54) is 25.7 Å². The van der Waals surface area contributed by atoms with E-state index in [0.717, 1.165) is 22.2 Å². The van der Waals surface area contributed by atoms with Crippen molar-refractivity contribution in [3.05, 3.63) is 28.8 Å². The van der Waals surface area contributed by atoms with Gasteiger partial charge in [-0.25, -0.2) is 0 Å². The van der Waals surface area contributed by atoms with Crippen LogP contribution >= 0.6 is 11.6 Å². The molecular formula is C16H25ClN2. The van der Waals surface area contributed by atoms with Gasteiger partial charge in [-0.3, -0.25) is 0 Å². The molecule has 1 aromatic carbocycles.